The van der Waals surface area contributed by atoms with Gasteiger partial charge < -0.3 is 15.6 Å². The van der Waals surface area contributed by atoms with Crippen molar-refractivity contribution < 1.29 is 23.8 Å². The van der Waals surface area contributed by atoms with Gasteiger partial charge in [0.1, 0.15) is 18.1 Å². The van der Waals surface area contributed by atoms with E-state index in [9.17, 15) is 14.0 Å². The molecule has 1 unspecified atom stereocenters. The minimum atomic E-state index is -1.17. The third-order valence-corrected chi connectivity index (χ3v) is 5.64. The molecule has 0 bridgehead atoms. The van der Waals surface area contributed by atoms with E-state index in [-0.39, 0.29) is 35.8 Å². The lowest BCUT2D eigenvalue weighted by Gasteiger charge is -2.25. The van der Waals surface area contributed by atoms with Gasteiger partial charge in [0.05, 0.1) is 18.1 Å². The van der Waals surface area contributed by atoms with Gasteiger partial charge in [-0.2, -0.15) is 5.10 Å². The maximum absolute atomic E-state index is 14.2. The SMILES string of the molecule is CCC(C)N(CC(=O)O)C(=O)Oc1cnc(-c2nn(Cc3ccccc3F)c3ncccc23)nc1N. The molecule has 0 aliphatic rings. The molecule has 12 heteroatoms. The van der Waals surface area contributed by atoms with Crippen LogP contribution in [0.2, 0.25) is 0 Å². The van der Waals surface area contributed by atoms with Crippen molar-refractivity contribution in [3.05, 3.63) is 60.2 Å². The van der Waals surface area contributed by atoms with Crippen LogP contribution in [-0.2, 0) is 11.3 Å². The lowest BCUT2D eigenvalue weighted by Crippen LogP contribution is -2.43. The number of hydrogen-bond donors (Lipinski definition) is 2. The van der Waals surface area contributed by atoms with Crippen LogP contribution in [-0.4, -0.2) is 59.4 Å². The molecule has 1 amide bonds. The van der Waals surface area contributed by atoms with Crippen molar-refractivity contribution >= 4 is 28.9 Å². The summed E-state index contributed by atoms with van der Waals surface area (Å²) in [6, 6.07) is 9.53. The highest BCUT2D eigenvalue weighted by atomic mass is 19.1. The molecule has 4 aromatic rings. The number of fused-ring (bicyclic) bond motifs is 1. The zero-order chi connectivity index (χ0) is 25.8. The van der Waals surface area contributed by atoms with E-state index in [4.69, 9.17) is 15.6 Å². The number of nitrogens with two attached hydrogens (primary N) is 1. The molecule has 36 heavy (non-hydrogen) atoms. The molecule has 0 saturated carbocycles. The molecule has 1 atom stereocenters. The van der Waals surface area contributed by atoms with E-state index in [1.807, 2.05) is 6.92 Å². The first-order valence-electron chi connectivity index (χ1n) is 11.2. The Labute approximate surface area is 205 Å². The number of carbonyl (C=O) groups is 2. The number of nitrogen functional groups attached to an aromatic ring is 1. The number of nitrogens with zero attached hydrogens (tertiary/aromatic N) is 6. The molecule has 3 heterocycles. The number of aromatic nitrogens is 5. The first kappa shape index (κ1) is 24.5. The van der Waals surface area contributed by atoms with Crippen LogP contribution < -0.4 is 10.5 Å². The van der Waals surface area contributed by atoms with E-state index in [0.717, 1.165) is 4.90 Å². The Hall–Kier alpha value is -4.61. The molecule has 0 aliphatic carbocycles. The van der Waals surface area contributed by atoms with Crippen molar-refractivity contribution in [2.75, 3.05) is 12.3 Å². The Bertz CT molecular complexity index is 1420. The van der Waals surface area contributed by atoms with Gasteiger partial charge in [0, 0.05) is 17.8 Å². The molecule has 0 spiro atoms. The molecule has 0 aliphatic heterocycles. The van der Waals surface area contributed by atoms with Crippen LogP contribution in [0.25, 0.3) is 22.6 Å². The van der Waals surface area contributed by atoms with Crippen LogP contribution in [0.15, 0.2) is 48.8 Å². The van der Waals surface area contributed by atoms with Crippen LogP contribution in [0.1, 0.15) is 25.8 Å². The third kappa shape index (κ3) is 5.06. The summed E-state index contributed by atoms with van der Waals surface area (Å²) in [7, 11) is 0. The van der Waals surface area contributed by atoms with E-state index >= 15 is 0 Å². The zero-order valence-electron chi connectivity index (χ0n) is 19.6. The smallest absolute Gasteiger partial charge is 0.416 e. The number of carboxylic acids is 1. The molecule has 0 fully saturated rings. The second-order valence-corrected chi connectivity index (χ2v) is 8.06. The molecule has 3 N–H and O–H groups in total. The number of carbonyl (C=O) groups excluding carboxylic acids is 1. The summed E-state index contributed by atoms with van der Waals surface area (Å²) < 4.78 is 21.1. The fraction of sp³-hybridized carbons (Fsp3) is 0.250. The summed E-state index contributed by atoms with van der Waals surface area (Å²) in [5.74, 6) is -1.62. The summed E-state index contributed by atoms with van der Waals surface area (Å²) in [6.45, 7) is 3.15. The van der Waals surface area contributed by atoms with Crippen molar-refractivity contribution in [1.29, 1.82) is 0 Å². The van der Waals surface area contributed by atoms with Crippen molar-refractivity contribution in [3.63, 3.8) is 0 Å². The maximum Gasteiger partial charge on any atom is 0.416 e. The minimum Gasteiger partial charge on any atom is -0.480 e. The van der Waals surface area contributed by atoms with Gasteiger partial charge in [-0.3, -0.25) is 9.69 Å². The third-order valence-electron chi connectivity index (χ3n) is 5.64. The number of carboxylic acid groups (broad SMARTS) is 1. The zero-order valence-corrected chi connectivity index (χ0v) is 19.6. The van der Waals surface area contributed by atoms with E-state index in [0.29, 0.717) is 28.7 Å². The standard InChI is InChI=1S/C24H24FN7O4/c1-3-14(2)31(13-19(33)34)24(35)36-18-11-28-22(29-21(18)26)20-16-8-6-10-27-23(16)32(30-20)12-15-7-4-5-9-17(15)25/h4-11,14H,3,12-13H2,1-2H3,(H,33,34)(H2,26,28,29). The molecule has 0 radical (unpaired) electrons. The number of ether oxygens (including phenoxy) is 1. The molecule has 1 aromatic carbocycles. The number of hydrogen-bond acceptors (Lipinski definition) is 8. The molecular formula is C24H24FN7O4. The molecule has 3 aromatic heterocycles. The first-order chi connectivity index (χ1) is 17.3. The molecule has 0 saturated heterocycles. The predicted molar refractivity (Wildman–Crippen MR) is 129 cm³/mol. The number of pyridine rings is 1. The average molecular weight is 493 g/mol. The normalized spacial score (nSPS) is 11.9. The van der Waals surface area contributed by atoms with Crippen LogP contribution in [0.5, 0.6) is 5.75 Å². The highest BCUT2D eigenvalue weighted by Crippen LogP contribution is 2.28. The van der Waals surface area contributed by atoms with Crippen molar-refractivity contribution in [3.8, 4) is 17.3 Å². The van der Waals surface area contributed by atoms with Gasteiger partial charge in [-0.05, 0) is 31.5 Å². The van der Waals surface area contributed by atoms with Gasteiger partial charge in [-0.1, -0.05) is 25.1 Å². The van der Waals surface area contributed by atoms with E-state index in [2.05, 4.69) is 20.1 Å². The summed E-state index contributed by atoms with van der Waals surface area (Å²) in [5.41, 5.74) is 7.36. The van der Waals surface area contributed by atoms with E-state index in [1.165, 1.54) is 12.3 Å². The van der Waals surface area contributed by atoms with Crippen LogP contribution in [0, 0.1) is 5.82 Å². The molecule has 186 valence electrons. The Kier molecular flexibility index (Phi) is 7.04. The topological polar surface area (TPSA) is 149 Å². The molecular weight excluding hydrogens is 469 g/mol. The van der Waals surface area contributed by atoms with Gasteiger partial charge >= 0.3 is 12.1 Å². The fourth-order valence-corrected chi connectivity index (χ4v) is 3.57. The Morgan fingerprint density at radius 1 is 1.22 bits per heavy atom. The average Bonchev–Trinajstić information content (AvgIpc) is 3.23. The van der Waals surface area contributed by atoms with Crippen molar-refractivity contribution in [1.82, 2.24) is 29.6 Å². The second-order valence-electron chi connectivity index (χ2n) is 8.06. The van der Waals surface area contributed by atoms with Crippen LogP contribution in [0.3, 0.4) is 0 Å². The monoisotopic (exact) mass is 493 g/mol. The van der Waals surface area contributed by atoms with Crippen LogP contribution >= 0.6 is 0 Å². The largest absolute Gasteiger partial charge is 0.480 e. The first-order valence-corrected chi connectivity index (χ1v) is 11.2. The van der Waals surface area contributed by atoms with Gasteiger partial charge in [-0.25, -0.2) is 28.8 Å². The van der Waals surface area contributed by atoms with Gasteiger partial charge in [0.15, 0.2) is 23.0 Å². The van der Waals surface area contributed by atoms with Gasteiger partial charge in [-0.15, -0.1) is 0 Å². The summed E-state index contributed by atoms with van der Waals surface area (Å²) in [4.78, 5) is 37.7. The summed E-state index contributed by atoms with van der Waals surface area (Å²) >= 11 is 0. The Balaban J connectivity index is 1.64. The molecule has 4 rings (SSSR count). The quantitative estimate of drug-likeness (QED) is 0.377. The number of benzene rings is 1. The van der Waals surface area contributed by atoms with Crippen molar-refractivity contribution in [2.45, 2.75) is 32.9 Å². The minimum absolute atomic E-state index is 0.115. The number of aliphatic carboxylic acids is 1. The Morgan fingerprint density at radius 2 is 2.00 bits per heavy atom. The maximum atomic E-state index is 14.2. The number of halogens is 1. The highest BCUT2D eigenvalue weighted by Gasteiger charge is 2.25. The van der Waals surface area contributed by atoms with Gasteiger partial charge in [0.2, 0.25) is 0 Å². The lowest BCUT2D eigenvalue weighted by molar-refractivity contribution is -0.138. The number of anilines is 1. The fourth-order valence-electron chi connectivity index (χ4n) is 3.57. The number of rotatable bonds is 8. The van der Waals surface area contributed by atoms with Gasteiger partial charge in [0.25, 0.3) is 0 Å². The van der Waals surface area contributed by atoms with E-state index in [1.54, 1.807) is 48.1 Å². The summed E-state index contributed by atoms with van der Waals surface area (Å²) in [5, 5.41) is 14.3. The predicted octanol–water partition coefficient (Wildman–Crippen LogP) is 3.34. The summed E-state index contributed by atoms with van der Waals surface area (Å²) in [6.07, 6.45) is 2.48. The lowest BCUT2D eigenvalue weighted by atomic mass is 10.2. The van der Waals surface area contributed by atoms with E-state index < -0.39 is 18.6 Å². The molecule has 11 nitrogen and oxygen atoms in total. The second kappa shape index (κ2) is 10.3. The number of amides is 1. The van der Waals surface area contributed by atoms with Crippen molar-refractivity contribution in [2.24, 2.45) is 0 Å². The highest BCUT2D eigenvalue weighted by molar-refractivity contribution is 5.89. The Morgan fingerprint density at radius 3 is 2.69 bits per heavy atom. The van der Waals surface area contributed by atoms with Crippen LogP contribution in [0.4, 0.5) is 15.0 Å².